The monoisotopic (exact) mass is 261 g/mol. The van der Waals surface area contributed by atoms with E-state index < -0.39 is 0 Å². The van der Waals surface area contributed by atoms with Gasteiger partial charge in [-0.1, -0.05) is 12.1 Å². The molecule has 1 aromatic carbocycles. The standard InChI is InChI=1S/C15H23N3O/c16-9-11-17-10-1-2-12-3-7-14(8-4-12)18-15(19)13-5-6-13/h3-4,7-8,13,17H,1-2,5-6,9-11,16H2,(H,18,19). The fourth-order valence-corrected chi connectivity index (χ4v) is 1.99. The van der Waals surface area contributed by atoms with E-state index in [-0.39, 0.29) is 11.8 Å². The van der Waals surface area contributed by atoms with Gasteiger partial charge < -0.3 is 16.4 Å². The lowest BCUT2D eigenvalue weighted by molar-refractivity contribution is -0.117. The van der Waals surface area contributed by atoms with Gasteiger partial charge in [-0.3, -0.25) is 4.79 Å². The van der Waals surface area contributed by atoms with E-state index in [0.29, 0.717) is 6.54 Å². The van der Waals surface area contributed by atoms with Gasteiger partial charge in [0.05, 0.1) is 0 Å². The molecule has 0 aromatic heterocycles. The Bertz CT molecular complexity index is 398. The quantitative estimate of drug-likeness (QED) is 0.621. The smallest absolute Gasteiger partial charge is 0.227 e. The van der Waals surface area contributed by atoms with Gasteiger partial charge in [0.25, 0.3) is 0 Å². The lowest BCUT2D eigenvalue weighted by Gasteiger charge is -2.06. The minimum absolute atomic E-state index is 0.165. The summed E-state index contributed by atoms with van der Waals surface area (Å²) in [6.07, 6.45) is 4.24. The van der Waals surface area contributed by atoms with E-state index in [9.17, 15) is 4.79 Å². The van der Waals surface area contributed by atoms with Gasteiger partial charge in [-0.25, -0.2) is 0 Å². The molecule has 0 radical (unpaired) electrons. The number of rotatable bonds is 8. The predicted molar refractivity (Wildman–Crippen MR) is 78.0 cm³/mol. The molecule has 0 saturated heterocycles. The first-order valence-corrected chi connectivity index (χ1v) is 7.10. The van der Waals surface area contributed by atoms with Gasteiger partial charge in [0, 0.05) is 24.7 Å². The van der Waals surface area contributed by atoms with Gasteiger partial charge in [0.2, 0.25) is 5.91 Å². The minimum atomic E-state index is 0.165. The molecular weight excluding hydrogens is 238 g/mol. The Kier molecular flexibility index (Phi) is 5.36. The lowest BCUT2D eigenvalue weighted by Crippen LogP contribution is -2.23. The fourth-order valence-electron chi connectivity index (χ4n) is 1.99. The van der Waals surface area contributed by atoms with Gasteiger partial charge in [0.15, 0.2) is 0 Å². The van der Waals surface area contributed by atoms with Crippen molar-refractivity contribution in [3.8, 4) is 0 Å². The zero-order valence-electron chi connectivity index (χ0n) is 11.3. The third kappa shape index (κ3) is 5.01. The Morgan fingerprint density at radius 3 is 2.58 bits per heavy atom. The zero-order valence-corrected chi connectivity index (χ0v) is 11.3. The molecule has 1 aliphatic rings. The van der Waals surface area contributed by atoms with Crippen molar-refractivity contribution in [1.82, 2.24) is 5.32 Å². The summed E-state index contributed by atoms with van der Waals surface area (Å²) in [6, 6.07) is 8.16. The number of benzene rings is 1. The van der Waals surface area contributed by atoms with Crippen LogP contribution in [0.1, 0.15) is 24.8 Å². The summed E-state index contributed by atoms with van der Waals surface area (Å²) in [5.74, 6) is 0.423. The largest absolute Gasteiger partial charge is 0.329 e. The summed E-state index contributed by atoms with van der Waals surface area (Å²) in [6.45, 7) is 2.57. The van der Waals surface area contributed by atoms with Crippen molar-refractivity contribution in [3.63, 3.8) is 0 Å². The van der Waals surface area contributed by atoms with Gasteiger partial charge >= 0.3 is 0 Å². The summed E-state index contributed by atoms with van der Waals surface area (Å²) < 4.78 is 0. The van der Waals surface area contributed by atoms with E-state index >= 15 is 0 Å². The molecule has 1 aliphatic carbocycles. The molecule has 0 aliphatic heterocycles. The molecule has 4 heteroatoms. The lowest BCUT2D eigenvalue weighted by atomic mass is 10.1. The maximum Gasteiger partial charge on any atom is 0.227 e. The zero-order chi connectivity index (χ0) is 13.5. The van der Waals surface area contributed by atoms with Crippen molar-refractivity contribution in [3.05, 3.63) is 29.8 Å². The summed E-state index contributed by atoms with van der Waals surface area (Å²) in [5, 5.41) is 6.23. The maximum absolute atomic E-state index is 11.6. The average molecular weight is 261 g/mol. The highest BCUT2D eigenvalue weighted by Crippen LogP contribution is 2.30. The predicted octanol–water partition coefficient (Wildman–Crippen LogP) is 1.52. The number of nitrogens with two attached hydrogens (primary N) is 1. The third-order valence-electron chi connectivity index (χ3n) is 3.31. The van der Waals surface area contributed by atoms with Crippen LogP contribution in [0, 0.1) is 5.92 Å². The van der Waals surface area contributed by atoms with Gasteiger partial charge in [-0.05, 0) is 49.9 Å². The number of aryl methyl sites for hydroxylation is 1. The van der Waals surface area contributed by atoms with Crippen molar-refractivity contribution in [1.29, 1.82) is 0 Å². The molecule has 1 saturated carbocycles. The highest BCUT2D eigenvalue weighted by Gasteiger charge is 2.29. The Balaban J connectivity index is 1.70. The molecule has 2 rings (SSSR count). The van der Waals surface area contributed by atoms with Gasteiger partial charge in [0.1, 0.15) is 0 Å². The minimum Gasteiger partial charge on any atom is -0.329 e. The number of carbonyl (C=O) groups excluding carboxylic acids is 1. The number of anilines is 1. The van der Waals surface area contributed by atoms with Crippen LogP contribution in [0.2, 0.25) is 0 Å². The highest BCUT2D eigenvalue weighted by molar-refractivity contribution is 5.93. The van der Waals surface area contributed by atoms with Crippen molar-refractivity contribution in [2.45, 2.75) is 25.7 Å². The maximum atomic E-state index is 11.6. The van der Waals surface area contributed by atoms with Crippen LogP contribution in [-0.4, -0.2) is 25.5 Å². The molecule has 104 valence electrons. The van der Waals surface area contributed by atoms with E-state index in [1.165, 1.54) is 5.56 Å². The summed E-state index contributed by atoms with van der Waals surface area (Å²) in [7, 11) is 0. The molecule has 4 N–H and O–H groups in total. The van der Waals surface area contributed by atoms with Crippen LogP contribution >= 0.6 is 0 Å². The first-order chi connectivity index (χ1) is 9.29. The number of nitrogens with one attached hydrogen (secondary N) is 2. The van der Waals surface area contributed by atoms with E-state index in [4.69, 9.17) is 5.73 Å². The molecule has 1 amide bonds. The van der Waals surface area contributed by atoms with Crippen LogP contribution in [-0.2, 0) is 11.2 Å². The Morgan fingerprint density at radius 1 is 1.21 bits per heavy atom. The SMILES string of the molecule is NCCNCCCc1ccc(NC(=O)C2CC2)cc1. The number of hydrogen-bond acceptors (Lipinski definition) is 3. The molecule has 0 atom stereocenters. The van der Waals surface area contributed by atoms with E-state index in [0.717, 1.165) is 44.5 Å². The van der Waals surface area contributed by atoms with Crippen LogP contribution in [0.3, 0.4) is 0 Å². The van der Waals surface area contributed by atoms with Crippen LogP contribution < -0.4 is 16.4 Å². The molecule has 0 heterocycles. The third-order valence-corrected chi connectivity index (χ3v) is 3.31. The van der Waals surface area contributed by atoms with E-state index in [2.05, 4.69) is 22.8 Å². The average Bonchev–Trinajstić information content (AvgIpc) is 3.25. The molecule has 1 fully saturated rings. The number of hydrogen-bond donors (Lipinski definition) is 3. The second-order valence-electron chi connectivity index (χ2n) is 5.10. The number of amides is 1. The summed E-state index contributed by atoms with van der Waals surface area (Å²) in [4.78, 5) is 11.6. The van der Waals surface area contributed by atoms with Crippen molar-refractivity contribution in [2.24, 2.45) is 11.7 Å². The molecule has 0 spiro atoms. The number of carbonyl (C=O) groups is 1. The second kappa shape index (κ2) is 7.26. The Labute approximate surface area is 114 Å². The molecule has 19 heavy (non-hydrogen) atoms. The first kappa shape index (κ1) is 14.0. The highest BCUT2D eigenvalue weighted by atomic mass is 16.2. The van der Waals surface area contributed by atoms with Crippen LogP contribution in [0.25, 0.3) is 0 Å². The second-order valence-corrected chi connectivity index (χ2v) is 5.10. The summed E-state index contributed by atoms with van der Waals surface area (Å²) >= 11 is 0. The topological polar surface area (TPSA) is 67.2 Å². The van der Waals surface area contributed by atoms with Crippen molar-refractivity contribution < 1.29 is 4.79 Å². The summed E-state index contributed by atoms with van der Waals surface area (Å²) in [5.41, 5.74) is 7.62. The fraction of sp³-hybridized carbons (Fsp3) is 0.533. The Morgan fingerprint density at radius 2 is 1.95 bits per heavy atom. The van der Waals surface area contributed by atoms with Crippen molar-refractivity contribution in [2.75, 3.05) is 25.0 Å². The van der Waals surface area contributed by atoms with Gasteiger partial charge in [-0.15, -0.1) is 0 Å². The molecule has 4 nitrogen and oxygen atoms in total. The molecule has 0 bridgehead atoms. The Hall–Kier alpha value is -1.39. The van der Waals surface area contributed by atoms with E-state index in [1.807, 2.05) is 12.1 Å². The first-order valence-electron chi connectivity index (χ1n) is 7.10. The molecule has 0 unspecified atom stereocenters. The van der Waals surface area contributed by atoms with Crippen LogP contribution in [0.15, 0.2) is 24.3 Å². The van der Waals surface area contributed by atoms with E-state index in [1.54, 1.807) is 0 Å². The van der Waals surface area contributed by atoms with Crippen LogP contribution in [0.5, 0.6) is 0 Å². The van der Waals surface area contributed by atoms with Crippen molar-refractivity contribution >= 4 is 11.6 Å². The molecular formula is C15H23N3O. The van der Waals surface area contributed by atoms with Gasteiger partial charge in [-0.2, -0.15) is 0 Å². The van der Waals surface area contributed by atoms with Crippen LogP contribution in [0.4, 0.5) is 5.69 Å². The molecule has 1 aromatic rings. The normalized spacial score (nSPS) is 14.4.